The van der Waals surface area contributed by atoms with Gasteiger partial charge in [0.1, 0.15) is 0 Å². The van der Waals surface area contributed by atoms with Crippen molar-refractivity contribution in [1.82, 2.24) is 10.2 Å². The van der Waals surface area contributed by atoms with Gasteiger partial charge in [-0.3, -0.25) is 10.1 Å². The molecule has 5 nitrogen and oxygen atoms in total. The molecular formula is C18H15N3O2S. The number of benzene rings is 2. The molecule has 0 atom stereocenters. The summed E-state index contributed by atoms with van der Waals surface area (Å²) in [5.41, 5.74) is 1.74. The van der Waals surface area contributed by atoms with Crippen LogP contribution < -0.4 is 5.32 Å². The molecule has 6 heteroatoms. The van der Waals surface area contributed by atoms with Gasteiger partial charge >= 0.3 is 6.01 Å². The number of thioether (sulfide) groups is 1. The summed E-state index contributed by atoms with van der Waals surface area (Å²) in [6.07, 6.45) is 5.15. The second-order valence-electron chi connectivity index (χ2n) is 4.87. The lowest BCUT2D eigenvalue weighted by atomic mass is 10.2. The Labute approximate surface area is 143 Å². The zero-order valence-electron chi connectivity index (χ0n) is 13.0. The molecule has 0 fully saturated rings. The van der Waals surface area contributed by atoms with Crippen LogP contribution in [0.5, 0.6) is 0 Å². The van der Waals surface area contributed by atoms with Gasteiger partial charge in [-0.25, -0.2) is 0 Å². The van der Waals surface area contributed by atoms with E-state index in [0.717, 1.165) is 16.0 Å². The average molecular weight is 337 g/mol. The fourth-order valence-corrected chi connectivity index (χ4v) is 2.42. The molecule has 0 saturated heterocycles. The zero-order chi connectivity index (χ0) is 16.8. The molecule has 0 aliphatic carbocycles. The van der Waals surface area contributed by atoms with Gasteiger partial charge in [0.05, 0.1) is 0 Å². The molecule has 1 N–H and O–H groups in total. The zero-order valence-corrected chi connectivity index (χ0v) is 13.8. The number of anilines is 1. The van der Waals surface area contributed by atoms with Gasteiger partial charge in [-0.15, -0.1) is 16.9 Å². The minimum atomic E-state index is -0.327. The summed E-state index contributed by atoms with van der Waals surface area (Å²) in [6.45, 7) is 0. The number of carbonyl (C=O) groups excluding carboxylic acids is 1. The molecule has 0 spiro atoms. The van der Waals surface area contributed by atoms with E-state index in [1.54, 1.807) is 17.8 Å². The molecular weight excluding hydrogens is 322 g/mol. The largest absolute Gasteiger partial charge is 0.403 e. The predicted molar refractivity (Wildman–Crippen MR) is 95.6 cm³/mol. The van der Waals surface area contributed by atoms with E-state index in [9.17, 15) is 4.79 Å². The van der Waals surface area contributed by atoms with Crippen molar-refractivity contribution in [1.29, 1.82) is 0 Å². The van der Waals surface area contributed by atoms with Gasteiger partial charge in [0.15, 0.2) is 0 Å². The SMILES string of the molecule is CSc1ccc(-c2nnc(NC(=O)/C=C/c3ccccc3)o2)cc1. The summed E-state index contributed by atoms with van der Waals surface area (Å²) in [6, 6.07) is 17.4. The van der Waals surface area contributed by atoms with Crippen molar-refractivity contribution in [2.75, 3.05) is 11.6 Å². The van der Waals surface area contributed by atoms with Crippen molar-refractivity contribution in [2.45, 2.75) is 4.90 Å². The maximum Gasteiger partial charge on any atom is 0.322 e. The van der Waals surface area contributed by atoms with Gasteiger partial charge in [-0.2, -0.15) is 0 Å². The molecule has 2 aromatic carbocycles. The van der Waals surface area contributed by atoms with Crippen LogP contribution in [0.1, 0.15) is 5.56 Å². The molecule has 3 rings (SSSR count). The molecule has 0 bridgehead atoms. The molecule has 0 aliphatic heterocycles. The molecule has 120 valence electrons. The molecule has 1 heterocycles. The van der Waals surface area contributed by atoms with Gasteiger partial charge in [-0.1, -0.05) is 35.4 Å². The summed E-state index contributed by atoms with van der Waals surface area (Å²) in [7, 11) is 0. The van der Waals surface area contributed by atoms with Crippen LogP contribution in [-0.4, -0.2) is 22.4 Å². The number of hydrogen-bond acceptors (Lipinski definition) is 5. The van der Waals surface area contributed by atoms with Crippen LogP contribution in [0.15, 0.2) is 70.0 Å². The molecule has 24 heavy (non-hydrogen) atoms. The first kappa shape index (κ1) is 16.0. The predicted octanol–water partition coefficient (Wildman–Crippen LogP) is 4.11. The number of carbonyl (C=O) groups is 1. The van der Waals surface area contributed by atoms with Gasteiger partial charge in [-0.05, 0) is 42.2 Å². The smallest absolute Gasteiger partial charge is 0.322 e. The third-order valence-electron chi connectivity index (χ3n) is 3.22. The van der Waals surface area contributed by atoms with Gasteiger partial charge in [0.2, 0.25) is 5.89 Å². The van der Waals surface area contributed by atoms with E-state index in [-0.39, 0.29) is 11.9 Å². The fraction of sp³-hybridized carbons (Fsp3) is 0.0556. The normalized spacial score (nSPS) is 10.9. The second kappa shape index (κ2) is 7.61. The Morgan fingerprint density at radius 1 is 1.08 bits per heavy atom. The molecule has 0 saturated carbocycles. The Bertz CT molecular complexity index is 842. The van der Waals surface area contributed by atoms with E-state index in [4.69, 9.17) is 4.42 Å². The van der Waals surface area contributed by atoms with Crippen LogP contribution in [-0.2, 0) is 4.79 Å². The second-order valence-corrected chi connectivity index (χ2v) is 5.75. The number of nitrogens with zero attached hydrogens (tertiary/aromatic N) is 2. The highest BCUT2D eigenvalue weighted by Gasteiger charge is 2.10. The molecule has 0 aliphatic rings. The molecule has 0 unspecified atom stereocenters. The number of aromatic nitrogens is 2. The van der Waals surface area contributed by atoms with Crippen molar-refractivity contribution < 1.29 is 9.21 Å². The maximum absolute atomic E-state index is 11.9. The first-order chi connectivity index (χ1) is 11.7. The van der Waals surface area contributed by atoms with E-state index >= 15 is 0 Å². The van der Waals surface area contributed by atoms with Gasteiger partial charge in [0.25, 0.3) is 5.91 Å². The van der Waals surface area contributed by atoms with Gasteiger partial charge < -0.3 is 4.42 Å². The van der Waals surface area contributed by atoms with Crippen LogP contribution in [0.2, 0.25) is 0 Å². The third-order valence-corrected chi connectivity index (χ3v) is 3.96. The first-order valence-corrected chi connectivity index (χ1v) is 8.49. The number of rotatable bonds is 5. The quantitative estimate of drug-likeness (QED) is 0.560. The Hall–Kier alpha value is -2.86. The summed E-state index contributed by atoms with van der Waals surface area (Å²) in [5, 5.41) is 10.3. The lowest BCUT2D eigenvalue weighted by molar-refractivity contribution is -0.112. The van der Waals surface area contributed by atoms with E-state index < -0.39 is 0 Å². The van der Waals surface area contributed by atoms with Crippen molar-refractivity contribution in [3.8, 4) is 11.5 Å². The number of nitrogens with one attached hydrogen (secondary N) is 1. The minimum absolute atomic E-state index is 0.0710. The summed E-state index contributed by atoms with van der Waals surface area (Å²) in [5.74, 6) is 0.0387. The van der Waals surface area contributed by atoms with Crippen LogP contribution in [0.4, 0.5) is 6.01 Å². The first-order valence-electron chi connectivity index (χ1n) is 7.26. The van der Waals surface area contributed by atoms with Crippen LogP contribution in [0, 0.1) is 0 Å². The maximum atomic E-state index is 11.9. The van der Waals surface area contributed by atoms with E-state index in [1.807, 2.05) is 60.9 Å². The van der Waals surface area contributed by atoms with Gasteiger partial charge in [0, 0.05) is 16.5 Å². The highest BCUT2D eigenvalue weighted by molar-refractivity contribution is 7.98. The summed E-state index contributed by atoms with van der Waals surface area (Å²) < 4.78 is 5.47. The lowest BCUT2D eigenvalue weighted by Crippen LogP contribution is -2.07. The third kappa shape index (κ3) is 4.11. The average Bonchev–Trinajstić information content (AvgIpc) is 3.09. The minimum Gasteiger partial charge on any atom is -0.403 e. The molecule has 1 aromatic heterocycles. The summed E-state index contributed by atoms with van der Waals surface area (Å²) in [4.78, 5) is 13.0. The Kier molecular flexibility index (Phi) is 5.08. The Morgan fingerprint density at radius 2 is 1.83 bits per heavy atom. The Morgan fingerprint density at radius 3 is 2.54 bits per heavy atom. The van der Waals surface area contributed by atoms with E-state index in [2.05, 4.69) is 15.5 Å². The lowest BCUT2D eigenvalue weighted by Gasteiger charge is -1.97. The molecule has 0 radical (unpaired) electrons. The van der Waals surface area contributed by atoms with Crippen molar-refractivity contribution in [3.63, 3.8) is 0 Å². The topological polar surface area (TPSA) is 68.0 Å². The van der Waals surface area contributed by atoms with Crippen molar-refractivity contribution >= 4 is 29.8 Å². The molecule has 3 aromatic rings. The highest BCUT2D eigenvalue weighted by atomic mass is 32.2. The van der Waals surface area contributed by atoms with Crippen LogP contribution in [0.3, 0.4) is 0 Å². The fourth-order valence-electron chi connectivity index (χ4n) is 2.01. The van der Waals surface area contributed by atoms with Crippen molar-refractivity contribution in [3.05, 3.63) is 66.2 Å². The standard InChI is InChI=1S/C18H15N3O2S/c1-24-15-10-8-14(9-11-15)17-20-21-18(23-17)19-16(22)12-7-13-5-3-2-4-6-13/h2-12H,1H3,(H,19,21,22)/b12-7+. The highest BCUT2D eigenvalue weighted by Crippen LogP contribution is 2.23. The summed E-state index contributed by atoms with van der Waals surface area (Å²) >= 11 is 1.66. The Balaban J connectivity index is 1.65. The van der Waals surface area contributed by atoms with E-state index in [1.165, 1.54) is 6.08 Å². The van der Waals surface area contributed by atoms with Crippen molar-refractivity contribution in [2.24, 2.45) is 0 Å². The monoisotopic (exact) mass is 337 g/mol. The van der Waals surface area contributed by atoms with Crippen LogP contribution in [0.25, 0.3) is 17.5 Å². The number of hydrogen-bond donors (Lipinski definition) is 1. The number of amides is 1. The van der Waals surface area contributed by atoms with Crippen LogP contribution >= 0.6 is 11.8 Å². The van der Waals surface area contributed by atoms with E-state index in [0.29, 0.717) is 5.89 Å². The molecule has 1 amide bonds.